The molecule has 2 aliphatic rings. The van der Waals surface area contributed by atoms with Gasteiger partial charge in [-0.15, -0.1) is 0 Å². The number of anilines is 2. The minimum Gasteiger partial charge on any atom is -0.372 e. The monoisotopic (exact) mass is 289 g/mol. The number of thiol groups is 1. The molecule has 1 unspecified atom stereocenters. The maximum atomic E-state index is 4.47. The average molecular weight is 289 g/mol. The normalized spacial score (nSPS) is 21.5. The Morgan fingerprint density at radius 3 is 3.05 bits per heavy atom. The summed E-state index contributed by atoms with van der Waals surface area (Å²) in [5.41, 5.74) is 2.47. The molecule has 0 aliphatic carbocycles. The Morgan fingerprint density at radius 1 is 1.45 bits per heavy atom. The van der Waals surface area contributed by atoms with Crippen LogP contribution in [0.5, 0.6) is 0 Å². The molecule has 1 atom stereocenters. The molecule has 1 saturated heterocycles. The Balaban J connectivity index is 1.88. The number of aromatic nitrogens is 2. The fourth-order valence-electron chi connectivity index (χ4n) is 2.98. The Labute approximate surface area is 124 Å². The standard InChI is InChI=1S/C14H19N5S/c1-3-12-13(15-2)16-9-17-14(12)18-5-4-10-7-19(20)8-11(10)6-18/h3,7,9,11,20H,1,4-6,8H2,2H3,(H,15,16,17). The Bertz CT molecular complexity index is 556. The summed E-state index contributed by atoms with van der Waals surface area (Å²) in [5.74, 6) is 2.34. The van der Waals surface area contributed by atoms with Crippen molar-refractivity contribution in [1.82, 2.24) is 14.3 Å². The van der Waals surface area contributed by atoms with Gasteiger partial charge in [-0.05, 0) is 12.0 Å². The van der Waals surface area contributed by atoms with E-state index in [2.05, 4.69) is 45.8 Å². The average Bonchev–Trinajstić information content (AvgIpc) is 2.85. The van der Waals surface area contributed by atoms with Gasteiger partial charge in [0.05, 0.1) is 5.56 Å². The molecule has 106 valence electrons. The number of hydrogen-bond donors (Lipinski definition) is 2. The molecule has 0 saturated carbocycles. The van der Waals surface area contributed by atoms with Crippen LogP contribution in [0.1, 0.15) is 12.0 Å². The predicted octanol–water partition coefficient (Wildman–Crippen LogP) is 2.03. The summed E-state index contributed by atoms with van der Waals surface area (Å²) in [6.45, 7) is 6.82. The quantitative estimate of drug-likeness (QED) is 0.834. The lowest BCUT2D eigenvalue weighted by molar-refractivity contribution is 0.495. The Morgan fingerprint density at radius 2 is 2.30 bits per heavy atom. The zero-order valence-corrected chi connectivity index (χ0v) is 12.5. The minimum absolute atomic E-state index is 0.548. The lowest BCUT2D eigenvalue weighted by Crippen LogP contribution is -2.38. The van der Waals surface area contributed by atoms with E-state index in [1.807, 2.05) is 17.4 Å². The molecular formula is C14H19N5S. The molecule has 2 aliphatic heterocycles. The van der Waals surface area contributed by atoms with E-state index in [1.54, 1.807) is 6.33 Å². The summed E-state index contributed by atoms with van der Waals surface area (Å²) in [6.07, 6.45) is 6.67. The molecule has 0 bridgehead atoms. The molecule has 3 heterocycles. The van der Waals surface area contributed by atoms with Crippen molar-refractivity contribution in [3.63, 3.8) is 0 Å². The molecule has 1 aromatic heterocycles. The van der Waals surface area contributed by atoms with Gasteiger partial charge < -0.3 is 14.5 Å². The lowest BCUT2D eigenvalue weighted by atomic mass is 9.94. The van der Waals surface area contributed by atoms with Crippen LogP contribution in [0, 0.1) is 5.92 Å². The zero-order valence-electron chi connectivity index (χ0n) is 11.6. The van der Waals surface area contributed by atoms with Crippen LogP contribution < -0.4 is 10.2 Å². The van der Waals surface area contributed by atoms with Crippen molar-refractivity contribution < 1.29 is 0 Å². The molecule has 6 heteroatoms. The smallest absolute Gasteiger partial charge is 0.141 e. The third kappa shape index (κ3) is 2.24. The highest BCUT2D eigenvalue weighted by molar-refractivity contribution is 7.77. The summed E-state index contributed by atoms with van der Waals surface area (Å²) >= 11 is 4.42. The summed E-state index contributed by atoms with van der Waals surface area (Å²) < 4.78 is 1.98. The summed E-state index contributed by atoms with van der Waals surface area (Å²) in [5, 5.41) is 3.10. The highest BCUT2D eigenvalue weighted by Crippen LogP contribution is 2.34. The van der Waals surface area contributed by atoms with Gasteiger partial charge in [0, 0.05) is 38.8 Å². The van der Waals surface area contributed by atoms with Gasteiger partial charge in [-0.2, -0.15) is 0 Å². The zero-order chi connectivity index (χ0) is 14.1. The minimum atomic E-state index is 0.548. The number of nitrogens with zero attached hydrogens (tertiary/aromatic N) is 4. The fraction of sp³-hybridized carbons (Fsp3) is 0.429. The van der Waals surface area contributed by atoms with Crippen molar-refractivity contribution in [2.24, 2.45) is 5.92 Å². The van der Waals surface area contributed by atoms with Crippen molar-refractivity contribution >= 4 is 30.5 Å². The van der Waals surface area contributed by atoms with E-state index in [-0.39, 0.29) is 0 Å². The van der Waals surface area contributed by atoms with Gasteiger partial charge in [0.1, 0.15) is 18.0 Å². The van der Waals surface area contributed by atoms with Gasteiger partial charge >= 0.3 is 0 Å². The van der Waals surface area contributed by atoms with Crippen molar-refractivity contribution in [2.45, 2.75) is 6.42 Å². The van der Waals surface area contributed by atoms with Gasteiger partial charge in [-0.1, -0.05) is 25.5 Å². The maximum Gasteiger partial charge on any atom is 0.141 e. The second kappa shape index (κ2) is 5.36. The number of piperidine rings is 1. The summed E-state index contributed by atoms with van der Waals surface area (Å²) in [7, 11) is 1.87. The highest BCUT2D eigenvalue weighted by atomic mass is 32.1. The highest BCUT2D eigenvalue weighted by Gasteiger charge is 2.31. The largest absolute Gasteiger partial charge is 0.372 e. The van der Waals surface area contributed by atoms with Crippen LogP contribution in [0.3, 0.4) is 0 Å². The molecule has 20 heavy (non-hydrogen) atoms. The van der Waals surface area contributed by atoms with Crippen LogP contribution in [0.15, 0.2) is 24.7 Å². The number of nitrogens with one attached hydrogen (secondary N) is 1. The third-order valence-electron chi connectivity index (χ3n) is 3.96. The summed E-state index contributed by atoms with van der Waals surface area (Å²) in [6, 6.07) is 0. The predicted molar refractivity (Wildman–Crippen MR) is 85.8 cm³/mol. The van der Waals surface area contributed by atoms with Crippen LogP contribution >= 0.6 is 12.8 Å². The molecule has 1 fully saturated rings. The topological polar surface area (TPSA) is 44.3 Å². The molecule has 0 aromatic carbocycles. The van der Waals surface area contributed by atoms with Crippen molar-refractivity contribution in [3.05, 3.63) is 30.2 Å². The first-order valence-electron chi connectivity index (χ1n) is 6.79. The van der Waals surface area contributed by atoms with E-state index in [0.717, 1.165) is 43.3 Å². The van der Waals surface area contributed by atoms with Crippen LogP contribution in [0.25, 0.3) is 6.08 Å². The van der Waals surface area contributed by atoms with Crippen LogP contribution in [0.2, 0.25) is 0 Å². The summed E-state index contributed by atoms with van der Waals surface area (Å²) in [4.78, 5) is 11.0. The van der Waals surface area contributed by atoms with Crippen LogP contribution in [-0.2, 0) is 0 Å². The van der Waals surface area contributed by atoms with E-state index in [4.69, 9.17) is 0 Å². The van der Waals surface area contributed by atoms with Crippen molar-refractivity contribution in [1.29, 1.82) is 0 Å². The maximum absolute atomic E-state index is 4.47. The van der Waals surface area contributed by atoms with Crippen molar-refractivity contribution in [3.8, 4) is 0 Å². The second-order valence-corrected chi connectivity index (χ2v) is 5.65. The molecule has 1 N–H and O–H groups in total. The van der Waals surface area contributed by atoms with Crippen molar-refractivity contribution in [2.75, 3.05) is 36.9 Å². The van der Waals surface area contributed by atoms with Crippen LogP contribution in [0.4, 0.5) is 11.6 Å². The van der Waals surface area contributed by atoms with Crippen LogP contribution in [-0.4, -0.2) is 41.0 Å². The number of fused-ring (bicyclic) bond motifs is 1. The van der Waals surface area contributed by atoms with Gasteiger partial charge in [0.2, 0.25) is 0 Å². The van der Waals surface area contributed by atoms with Gasteiger partial charge in [0.15, 0.2) is 0 Å². The molecule has 1 aromatic rings. The molecule has 5 nitrogen and oxygen atoms in total. The Kier molecular flexibility index (Phi) is 3.56. The first kappa shape index (κ1) is 13.3. The first-order valence-corrected chi connectivity index (χ1v) is 7.19. The second-order valence-electron chi connectivity index (χ2n) is 5.13. The van der Waals surface area contributed by atoms with E-state index >= 15 is 0 Å². The third-order valence-corrected chi connectivity index (χ3v) is 4.24. The molecule has 0 amide bonds. The number of rotatable bonds is 3. The van der Waals surface area contributed by atoms with Gasteiger partial charge in [-0.3, -0.25) is 0 Å². The fourth-order valence-corrected chi connectivity index (χ4v) is 3.32. The SMILES string of the molecule is C=Cc1c(NC)ncnc1N1CCC2=CN(S)CC2C1. The van der Waals surface area contributed by atoms with E-state index in [1.165, 1.54) is 5.57 Å². The van der Waals surface area contributed by atoms with Gasteiger partial charge in [-0.25, -0.2) is 9.97 Å². The number of hydrogen-bond acceptors (Lipinski definition) is 6. The van der Waals surface area contributed by atoms with E-state index in [9.17, 15) is 0 Å². The van der Waals surface area contributed by atoms with E-state index in [0.29, 0.717) is 5.92 Å². The lowest BCUT2D eigenvalue weighted by Gasteiger charge is -2.34. The molecule has 3 rings (SSSR count). The van der Waals surface area contributed by atoms with Gasteiger partial charge in [0.25, 0.3) is 0 Å². The molecule has 0 spiro atoms. The molecular weight excluding hydrogens is 270 g/mol. The van der Waals surface area contributed by atoms with E-state index < -0.39 is 0 Å². The Hall–Kier alpha value is -1.69. The molecule has 0 radical (unpaired) electrons. The first-order chi connectivity index (χ1) is 9.72.